The Hall–Kier alpha value is -2.28. The van der Waals surface area contributed by atoms with Crippen LogP contribution in [-0.2, 0) is 6.54 Å². The molecule has 4 rings (SSSR count). The smallest absolute Gasteiger partial charge is 0.181 e. The van der Waals surface area contributed by atoms with Crippen LogP contribution in [0, 0.1) is 13.8 Å². The van der Waals surface area contributed by atoms with Crippen LogP contribution in [0.4, 0.5) is 0 Å². The first kappa shape index (κ1) is 14.3. The van der Waals surface area contributed by atoms with E-state index in [1.54, 1.807) is 0 Å². The van der Waals surface area contributed by atoms with E-state index in [4.69, 9.17) is 4.42 Å². The van der Waals surface area contributed by atoms with Gasteiger partial charge in [0.25, 0.3) is 0 Å². The Balaban J connectivity index is 1.46. The van der Waals surface area contributed by atoms with Gasteiger partial charge < -0.3 is 4.42 Å². The normalized spacial score (nSPS) is 17.1. The molecule has 1 fully saturated rings. The molecule has 0 saturated carbocycles. The van der Waals surface area contributed by atoms with Crippen molar-refractivity contribution in [3.8, 4) is 0 Å². The molecule has 3 aromatic heterocycles. The number of oxazole rings is 1. The number of aromatic nitrogens is 5. The first-order chi connectivity index (χ1) is 11.2. The van der Waals surface area contributed by atoms with Crippen molar-refractivity contribution in [2.45, 2.75) is 39.2 Å². The average Bonchev–Trinajstić information content (AvgIpc) is 3.15. The fourth-order valence-corrected chi connectivity index (χ4v) is 3.19. The van der Waals surface area contributed by atoms with Gasteiger partial charge in [0.15, 0.2) is 17.9 Å². The zero-order valence-corrected chi connectivity index (χ0v) is 13.4. The van der Waals surface area contributed by atoms with Crippen molar-refractivity contribution in [3.05, 3.63) is 41.5 Å². The predicted octanol–water partition coefficient (Wildman–Crippen LogP) is 2.11. The number of aryl methyl sites for hydroxylation is 2. The summed E-state index contributed by atoms with van der Waals surface area (Å²) in [6.45, 7) is 6.86. The number of hydrogen-bond donors (Lipinski definition) is 0. The van der Waals surface area contributed by atoms with Crippen LogP contribution in [0.2, 0.25) is 0 Å². The van der Waals surface area contributed by atoms with Crippen LogP contribution in [-0.4, -0.2) is 42.8 Å². The highest BCUT2D eigenvalue weighted by atomic mass is 16.3. The van der Waals surface area contributed by atoms with E-state index in [0.717, 1.165) is 61.1 Å². The van der Waals surface area contributed by atoms with Crippen molar-refractivity contribution in [2.24, 2.45) is 0 Å². The van der Waals surface area contributed by atoms with Gasteiger partial charge >= 0.3 is 0 Å². The lowest BCUT2D eigenvalue weighted by atomic mass is 9.96. The molecule has 1 aliphatic rings. The third-order valence-corrected chi connectivity index (χ3v) is 4.59. The fourth-order valence-electron chi connectivity index (χ4n) is 3.19. The van der Waals surface area contributed by atoms with Gasteiger partial charge in [0.05, 0.1) is 11.4 Å². The minimum Gasteiger partial charge on any atom is -0.448 e. The number of piperidine rings is 1. The zero-order chi connectivity index (χ0) is 15.8. The van der Waals surface area contributed by atoms with Crippen LogP contribution in [0.25, 0.3) is 5.65 Å². The highest BCUT2D eigenvalue weighted by Crippen LogP contribution is 2.27. The highest BCUT2D eigenvalue weighted by molar-refractivity contribution is 5.36. The van der Waals surface area contributed by atoms with Crippen molar-refractivity contribution in [3.63, 3.8) is 0 Å². The SMILES string of the molecule is Cc1ccc2nnc(C3CCN(Cc4ncoc4C)CC3)n2n1. The van der Waals surface area contributed by atoms with Crippen LogP contribution in [0.5, 0.6) is 0 Å². The Bertz CT molecular complexity index is 815. The molecular formula is C16H20N6O. The van der Waals surface area contributed by atoms with Crippen molar-refractivity contribution >= 4 is 5.65 Å². The Morgan fingerprint density at radius 3 is 2.74 bits per heavy atom. The quantitative estimate of drug-likeness (QED) is 0.737. The van der Waals surface area contributed by atoms with Crippen LogP contribution in [0.1, 0.15) is 41.7 Å². The monoisotopic (exact) mass is 312 g/mol. The first-order valence-electron chi connectivity index (χ1n) is 8.01. The number of hydrogen-bond acceptors (Lipinski definition) is 6. The summed E-state index contributed by atoms with van der Waals surface area (Å²) in [5.41, 5.74) is 2.84. The second-order valence-electron chi connectivity index (χ2n) is 6.21. The Morgan fingerprint density at radius 1 is 1.17 bits per heavy atom. The molecule has 0 unspecified atom stereocenters. The summed E-state index contributed by atoms with van der Waals surface area (Å²) in [6.07, 6.45) is 3.65. The van der Waals surface area contributed by atoms with E-state index in [2.05, 4.69) is 25.2 Å². The summed E-state index contributed by atoms with van der Waals surface area (Å²) in [5, 5.41) is 13.2. The zero-order valence-electron chi connectivity index (χ0n) is 13.4. The summed E-state index contributed by atoms with van der Waals surface area (Å²) in [7, 11) is 0. The lowest BCUT2D eigenvalue weighted by Gasteiger charge is -2.30. The largest absolute Gasteiger partial charge is 0.448 e. The average molecular weight is 312 g/mol. The molecule has 7 heteroatoms. The molecule has 7 nitrogen and oxygen atoms in total. The standard InChI is InChI=1S/C16H20N6O/c1-11-3-4-15-18-19-16(22(15)20-11)13-5-7-21(8-6-13)9-14-12(2)23-10-17-14/h3-4,10,13H,5-9H2,1-2H3. The molecule has 0 spiro atoms. The van der Waals surface area contributed by atoms with Crippen molar-refractivity contribution in [1.29, 1.82) is 0 Å². The highest BCUT2D eigenvalue weighted by Gasteiger charge is 2.25. The van der Waals surface area contributed by atoms with Crippen LogP contribution in [0.15, 0.2) is 22.9 Å². The summed E-state index contributed by atoms with van der Waals surface area (Å²) < 4.78 is 7.18. The molecule has 0 aromatic carbocycles. The van der Waals surface area contributed by atoms with Gasteiger partial charge in [-0.25, -0.2) is 4.98 Å². The number of rotatable bonds is 3. The van der Waals surface area contributed by atoms with Crippen LogP contribution >= 0.6 is 0 Å². The molecule has 0 bridgehead atoms. The molecule has 0 amide bonds. The van der Waals surface area contributed by atoms with Gasteiger partial charge in [0.1, 0.15) is 5.76 Å². The molecule has 1 aliphatic heterocycles. The molecule has 0 atom stereocenters. The minimum absolute atomic E-state index is 0.411. The maximum atomic E-state index is 5.28. The second-order valence-corrected chi connectivity index (χ2v) is 6.21. The molecule has 23 heavy (non-hydrogen) atoms. The van der Waals surface area contributed by atoms with E-state index >= 15 is 0 Å². The fraction of sp³-hybridized carbons (Fsp3) is 0.500. The van der Waals surface area contributed by atoms with Crippen LogP contribution < -0.4 is 0 Å². The Labute approximate surface area is 134 Å². The summed E-state index contributed by atoms with van der Waals surface area (Å²) in [5.74, 6) is 2.31. The van der Waals surface area contributed by atoms with Gasteiger partial charge in [-0.2, -0.15) is 9.61 Å². The third kappa shape index (κ3) is 2.72. The van der Waals surface area contributed by atoms with E-state index in [-0.39, 0.29) is 0 Å². The maximum Gasteiger partial charge on any atom is 0.181 e. The molecule has 3 aromatic rings. The maximum absolute atomic E-state index is 5.28. The van der Waals surface area contributed by atoms with E-state index in [0.29, 0.717) is 5.92 Å². The number of likely N-dealkylation sites (tertiary alicyclic amines) is 1. The van der Waals surface area contributed by atoms with Gasteiger partial charge in [-0.15, -0.1) is 10.2 Å². The van der Waals surface area contributed by atoms with Gasteiger partial charge in [0.2, 0.25) is 0 Å². The molecule has 120 valence electrons. The lowest BCUT2D eigenvalue weighted by Crippen LogP contribution is -2.33. The summed E-state index contributed by atoms with van der Waals surface area (Å²) in [4.78, 5) is 6.70. The van der Waals surface area contributed by atoms with Crippen molar-refractivity contribution in [1.82, 2.24) is 29.7 Å². The predicted molar refractivity (Wildman–Crippen MR) is 84.0 cm³/mol. The number of nitrogens with zero attached hydrogens (tertiary/aromatic N) is 6. The number of fused-ring (bicyclic) bond motifs is 1. The van der Waals surface area contributed by atoms with E-state index < -0.39 is 0 Å². The van der Waals surface area contributed by atoms with Gasteiger partial charge in [0, 0.05) is 12.5 Å². The van der Waals surface area contributed by atoms with Crippen molar-refractivity contribution < 1.29 is 4.42 Å². The van der Waals surface area contributed by atoms with E-state index in [9.17, 15) is 0 Å². The Morgan fingerprint density at radius 2 is 2.00 bits per heavy atom. The van der Waals surface area contributed by atoms with Gasteiger partial charge in [-0.3, -0.25) is 4.90 Å². The molecule has 0 radical (unpaired) electrons. The van der Waals surface area contributed by atoms with Gasteiger partial charge in [-0.05, 0) is 51.9 Å². The van der Waals surface area contributed by atoms with Crippen LogP contribution in [0.3, 0.4) is 0 Å². The lowest BCUT2D eigenvalue weighted by molar-refractivity contribution is 0.198. The van der Waals surface area contributed by atoms with Gasteiger partial charge in [-0.1, -0.05) is 0 Å². The van der Waals surface area contributed by atoms with E-state index in [1.807, 2.05) is 30.5 Å². The summed E-state index contributed by atoms with van der Waals surface area (Å²) >= 11 is 0. The minimum atomic E-state index is 0.411. The first-order valence-corrected chi connectivity index (χ1v) is 8.01. The topological polar surface area (TPSA) is 72.4 Å². The molecular weight excluding hydrogens is 292 g/mol. The van der Waals surface area contributed by atoms with E-state index in [1.165, 1.54) is 6.39 Å². The second kappa shape index (κ2) is 5.73. The summed E-state index contributed by atoms with van der Waals surface area (Å²) in [6, 6.07) is 3.94. The molecule has 0 N–H and O–H groups in total. The third-order valence-electron chi connectivity index (χ3n) is 4.59. The Kier molecular flexibility index (Phi) is 3.57. The molecule has 0 aliphatic carbocycles. The molecule has 1 saturated heterocycles. The van der Waals surface area contributed by atoms with Crippen molar-refractivity contribution in [2.75, 3.05) is 13.1 Å². The molecule has 4 heterocycles.